The van der Waals surface area contributed by atoms with Gasteiger partial charge < -0.3 is 20.1 Å². The molecule has 0 spiro atoms. The zero-order valence-electron chi connectivity index (χ0n) is 19.1. The van der Waals surface area contributed by atoms with E-state index in [1.54, 1.807) is 17.2 Å². The molecule has 5 N–H and O–H groups in total. The summed E-state index contributed by atoms with van der Waals surface area (Å²) in [7, 11) is 0. The van der Waals surface area contributed by atoms with E-state index in [4.69, 9.17) is 26.0 Å². The normalized spacial score (nSPS) is 14.7. The lowest BCUT2D eigenvalue weighted by atomic mass is 9.97. The van der Waals surface area contributed by atoms with Gasteiger partial charge in [0.2, 0.25) is 5.90 Å². The fraction of sp³-hybridized carbons (Fsp3) is 0.417. The van der Waals surface area contributed by atoms with Crippen LogP contribution in [0.3, 0.4) is 0 Å². The van der Waals surface area contributed by atoms with Gasteiger partial charge >= 0.3 is 12.0 Å². The van der Waals surface area contributed by atoms with Crippen molar-refractivity contribution in [1.82, 2.24) is 9.88 Å². The van der Waals surface area contributed by atoms with Crippen LogP contribution < -0.4 is 11.1 Å². The second-order valence-electron chi connectivity index (χ2n) is 9.10. The van der Waals surface area contributed by atoms with Crippen LogP contribution in [0.25, 0.3) is 11.1 Å². The first-order valence-corrected chi connectivity index (χ1v) is 10.7. The number of aryl methyl sites for hydroxylation is 1. The summed E-state index contributed by atoms with van der Waals surface area (Å²) in [6, 6.07) is 9.81. The van der Waals surface area contributed by atoms with E-state index in [2.05, 4.69) is 4.98 Å². The van der Waals surface area contributed by atoms with Gasteiger partial charge in [0.15, 0.2) is 0 Å². The number of anilines is 1. The molecule has 1 aromatic carbocycles. The minimum Gasteiger partial charge on any atom is -0.444 e. The van der Waals surface area contributed by atoms with Crippen molar-refractivity contribution in [2.24, 2.45) is 5.92 Å². The highest BCUT2D eigenvalue weighted by atomic mass is 16.6. The zero-order valence-corrected chi connectivity index (χ0v) is 19.1. The molecule has 8 heteroatoms. The minimum absolute atomic E-state index is 0.0662. The molecule has 1 saturated heterocycles. The maximum atomic E-state index is 12.2. The predicted octanol–water partition coefficient (Wildman–Crippen LogP) is 2.79. The van der Waals surface area contributed by atoms with Crippen LogP contribution in [0.15, 0.2) is 36.5 Å². The van der Waals surface area contributed by atoms with Gasteiger partial charge in [-0.3, -0.25) is 5.41 Å². The molecule has 2 aromatic rings. The first kappa shape index (κ1) is 23.2. The smallest absolute Gasteiger partial charge is 0.410 e. The fourth-order valence-corrected chi connectivity index (χ4v) is 3.49. The average Bonchev–Trinajstić information content (AvgIpc) is 2.73. The van der Waals surface area contributed by atoms with Crippen molar-refractivity contribution in [3.63, 3.8) is 0 Å². The lowest BCUT2D eigenvalue weighted by Crippen LogP contribution is -2.51. The van der Waals surface area contributed by atoms with Crippen LogP contribution in [0.4, 0.5) is 10.6 Å². The number of nitrogens with two attached hydrogens (primary N) is 2. The number of carbonyl (C=O) groups is 1. The van der Waals surface area contributed by atoms with Crippen LogP contribution in [0.5, 0.6) is 0 Å². The topological polar surface area (TPSA) is 127 Å². The first-order valence-electron chi connectivity index (χ1n) is 10.7. The van der Waals surface area contributed by atoms with E-state index in [0.29, 0.717) is 31.5 Å². The first-order chi connectivity index (χ1) is 15.0. The molecule has 8 nitrogen and oxygen atoms in total. The van der Waals surface area contributed by atoms with Crippen LogP contribution in [0.1, 0.15) is 44.7 Å². The summed E-state index contributed by atoms with van der Waals surface area (Å²) in [5, 5.41) is 14.6. The number of nitrogens with one attached hydrogen (secondary N) is 1. The number of pyridine rings is 1. The lowest BCUT2D eigenvalue weighted by Gasteiger charge is -2.32. The molecule has 2 heterocycles. The van der Waals surface area contributed by atoms with Crippen LogP contribution >= 0.6 is 0 Å². The number of aromatic nitrogens is 1. The Hall–Kier alpha value is -3.42. The Morgan fingerprint density at radius 1 is 1.19 bits per heavy atom. The number of likely N-dealkylation sites (tertiary alicyclic amines) is 1. The zero-order chi connectivity index (χ0) is 23.5. The van der Waals surface area contributed by atoms with Crippen LogP contribution in [-0.4, -0.2) is 46.5 Å². The predicted molar refractivity (Wildman–Crippen MR) is 124 cm³/mol. The van der Waals surface area contributed by atoms with Crippen molar-refractivity contribution < 1.29 is 19.7 Å². The molecular formula is C24H32N5O3+. The minimum atomic E-state index is -0.529. The van der Waals surface area contributed by atoms with Crippen molar-refractivity contribution in [2.75, 3.05) is 18.8 Å². The summed E-state index contributed by atoms with van der Waals surface area (Å²) >= 11 is 0. The van der Waals surface area contributed by atoms with E-state index in [-0.39, 0.29) is 29.6 Å². The summed E-state index contributed by atoms with van der Waals surface area (Å²) in [5.41, 5.74) is 8.84. The fourth-order valence-electron chi connectivity index (χ4n) is 3.49. The van der Waals surface area contributed by atoms with E-state index in [1.807, 2.05) is 52.0 Å². The summed E-state index contributed by atoms with van der Waals surface area (Å²) in [5.74, 6) is 0.247. The van der Waals surface area contributed by atoms with Crippen LogP contribution in [0, 0.1) is 18.3 Å². The van der Waals surface area contributed by atoms with Crippen molar-refractivity contribution in [1.29, 1.82) is 5.41 Å². The van der Waals surface area contributed by atoms with Gasteiger partial charge in [0.25, 0.3) is 0 Å². The molecule has 0 aliphatic carbocycles. The van der Waals surface area contributed by atoms with Gasteiger partial charge in [-0.25, -0.2) is 15.2 Å². The molecule has 0 radical (unpaired) electrons. The highest BCUT2D eigenvalue weighted by molar-refractivity contribution is 6.02. The Balaban J connectivity index is 1.61. The summed E-state index contributed by atoms with van der Waals surface area (Å²) < 4.78 is 11.1. The Labute approximate surface area is 188 Å². The summed E-state index contributed by atoms with van der Waals surface area (Å²) in [4.78, 5) is 18.1. The van der Waals surface area contributed by atoms with E-state index in [1.165, 1.54) is 0 Å². The van der Waals surface area contributed by atoms with Crippen LogP contribution in [0.2, 0.25) is 0 Å². The summed E-state index contributed by atoms with van der Waals surface area (Å²) in [6.07, 6.45) is 2.62. The Bertz CT molecular complexity index is 1000. The second kappa shape index (κ2) is 9.38. The van der Waals surface area contributed by atoms with Gasteiger partial charge in [-0.05, 0) is 52.2 Å². The number of ether oxygens (including phenoxy) is 2. The number of nitrogen functional groups attached to an aromatic ring is 1. The van der Waals surface area contributed by atoms with Gasteiger partial charge in [0.05, 0.1) is 11.5 Å². The Morgan fingerprint density at radius 2 is 1.81 bits per heavy atom. The van der Waals surface area contributed by atoms with Crippen molar-refractivity contribution in [3.8, 4) is 11.1 Å². The standard InChI is InChI=1S/C24H31N5O3/c1-15-5-7-16(8-6-15)18-13-19(20(25)28-14-18)22(27)31-21(26)17-9-11-29(12-10-17)23(30)32-24(2,3)4/h5-8,13-14,17,26-27H,9-12H2,1-4H3,(H2,25,28)/p+1. The number of benzene rings is 1. The van der Waals surface area contributed by atoms with Gasteiger partial charge in [-0.1, -0.05) is 29.8 Å². The molecule has 0 unspecified atom stereocenters. The van der Waals surface area contributed by atoms with Crippen molar-refractivity contribution in [2.45, 2.75) is 46.1 Å². The van der Waals surface area contributed by atoms with Gasteiger partial charge in [0.1, 0.15) is 11.4 Å². The number of amides is 1. The van der Waals surface area contributed by atoms with Gasteiger partial charge in [0, 0.05) is 24.8 Å². The Morgan fingerprint density at radius 3 is 2.41 bits per heavy atom. The molecule has 1 aromatic heterocycles. The monoisotopic (exact) mass is 438 g/mol. The number of hydrogen-bond donors (Lipinski definition) is 3. The highest BCUT2D eigenvalue weighted by Crippen LogP contribution is 2.24. The second-order valence-corrected chi connectivity index (χ2v) is 9.10. The molecule has 0 saturated carbocycles. The number of hydrogen-bond acceptors (Lipinski definition) is 6. The van der Waals surface area contributed by atoms with E-state index in [0.717, 1.165) is 16.7 Å². The number of nitrogens with zero attached hydrogens (tertiary/aromatic N) is 2. The SMILES string of the molecule is Cc1ccc(-c2cnc(N)c(C(=N)OC(=[NH2+])C3CCN(C(=O)OC(C)(C)C)CC3)c2)cc1. The van der Waals surface area contributed by atoms with Gasteiger partial charge in [-0.15, -0.1) is 0 Å². The van der Waals surface area contributed by atoms with E-state index >= 15 is 0 Å². The molecular weight excluding hydrogens is 406 g/mol. The number of piperidine rings is 1. The van der Waals surface area contributed by atoms with Crippen LogP contribution in [-0.2, 0) is 9.47 Å². The van der Waals surface area contributed by atoms with Crippen molar-refractivity contribution >= 4 is 23.7 Å². The molecule has 1 amide bonds. The van der Waals surface area contributed by atoms with Crippen molar-refractivity contribution in [3.05, 3.63) is 47.7 Å². The maximum Gasteiger partial charge on any atom is 0.410 e. The maximum absolute atomic E-state index is 12.2. The third-order valence-corrected chi connectivity index (χ3v) is 5.32. The Kier molecular flexibility index (Phi) is 6.81. The van der Waals surface area contributed by atoms with Gasteiger partial charge in [-0.2, -0.15) is 0 Å². The highest BCUT2D eigenvalue weighted by Gasteiger charge is 2.32. The molecule has 0 bridgehead atoms. The largest absolute Gasteiger partial charge is 0.444 e. The number of rotatable bonds is 3. The molecule has 170 valence electrons. The molecule has 1 fully saturated rings. The number of carbonyl (C=O) groups excluding carboxylic acids is 1. The van der Waals surface area contributed by atoms with E-state index < -0.39 is 5.60 Å². The van der Waals surface area contributed by atoms with E-state index in [9.17, 15) is 4.79 Å². The summed E-state index contributed by atoms with van der Waals surface area (Å²) in [6.45, 7) is 8.59. The third-order valence-electron chi connectivity index (χ3n) is 5.32. The molecule has 1 aliphatic rings. The lowest BCUT2D eigenvalue weighted by molar-refractivity contribution is -0.141. The molecule has 32 heavy (non-hydrogen) atoms. The average molecular weight is 439 g/mol. The molecule has 0 atom stereocenters. The third kappa shape index (κ3) is 5.84. The molecule has 3 rings (SSSR count). The molecule has 1 aliphatic heterocycles. The quantitative estimate of drug-likeness (QED) is 0.502.